The van der Waals surface area contributed by atoms with Gasteiger partial charge in [0.1, 0.15) is 18.7 Å². The molecule has 0 radical (unpaired) electrons. The van der Waals surface area contributed by atoms with Crippen LogP contribution in [0.25, 0.3) is 0 Å². The summed E-state index contributed by atoms with van der Waals surface area (Å²) in [5.74, 6) is -3.30. The van der Waals surface area contributed by atoms with E-state index in [0.717, 1.165) is 5.56 Å². The van der Waals surface area contributed by atoms with Crippen LogP contribution in [0.15, 0.2) is 30.3 Å². The summed E-state index contributed by atoms with van der Waals surface area (Å²) in [4.78, 5) is 59.8. The molecule has 182 valence electrons. The van der Waals surface area contributed by atoms with Crippen LogP contribution in [-0.2, 0) is 40.0 Å². The molecule has 2 amide bonds. The number of benzene rings is 1. The highest BCUT2D eigenvalue weighted by atomic mass is 16.5. The van der Waals surface area contributed by atoms with Crippen molar-refractivity contribution in [3.8, 4) is 0 Å². The van der Waals surface area contributed by atoms with E-state index in [1.54, 1.807) is 44.2 Å². The smallest absolute Gasteiger partial charge is 0.408 e. The molecule has 0 heterocycles. The van der Waals surface area contributed by atoms with Crippen LogP contribution >= 0.6 is 0 Å². The van der Waals surface area contributed by atoms with Crippen LogP contribution in [0.2, 0.25) is 0 Å². The zero-order valence-corrected chi connectivity index (χ0v) is 18.7. The summed E-state index contributed by atoms with van der Waals surface area (Å²) in [6.07, 6.45) is -1.82. The molecule has 2 atom stereocenters. The van der Waals surface area contributed by atoms with Crippen LogP contribution < -0.4 is 10.6 Å². The van der Waals surface area contributed by atoms with E-state index >= 15 is 0 Å². The van der Waals surface area contributed by atoms with Crippen LogP contribution in [0.1, 0.15) is 45.1 Å². The van der Waals surface area contributed by atoms with Gasteiger partial charge >= 0.3 is 24.0 Å². The van der Waals surface area contributed by atoms with Crippen LogP contribution in [-0.4, -0.2) is 60.3 Å². The van der Waals surface area contributed by atoms with Crippen LogP contribution in [0, 0.1) is 0 Å². The zero-order chi connectivity index (χ0) is 24.6. The second-order valence-corrected chi connectivity index (χ2v) is 6.85. The highest BCUT2D eigenvalue weighted by molar-refractivity contribution is 5.90. The number of nitrogens with one attached hydrogen (secondary N) is 2. The van der Waals surface area contributed by atoms with Gasteiger partial charge < -0.3 is 30.0 Å². The average molecular weight is 466 g/mol. The molecule has 0 aliphatic heterocycles. The van der Waals surface area contributed by atoms with E-state index in [-0.39, 0.29) is 39.1 Å². The van der Waals surface area contributed by atoms with Gasteiger partial charge in [-0.1, -0.05) is 30.3 Å². The van der Waals surface area contributed by atoms with Crippen LogP contribution in [0.5, 0.6) is 0 Å². The third-order valence-electron chi connectivity index (χ3n) is 4.30. The molecule has 0 aromatic heterocycles. The molecule has 0 aliphatic carbocycles. The molecule has 0 saturated heterocycles. The number of amides is 2. The number of alkyl carbamates (subject to hydrolysis) is 1. The number of carboxylic acids is 1. The van der Waals surface area contributed by atoms with Crippen molar-refractivity contribution < 1.29 is 43.3 Å². The fourth-order valence-corrected chi connectivity index (χ4v) is 2.70. The lowest BCUT2D eigenvalue weighted by atomic mass is 10.1. The Labute approximate surface area is 191 Å². The Bertz CT molecular complexity index is 798. The molecule has 0 bridgehead atoms. The molecule has 11 nitrogen and oxygen atoms in total. The SMILES string of the molecule is CCOC(=O)CC[C@H](NC(=O)[C@H](CCC(=O)O)NC(=O)OCc1ccccc1)C(=O)OCC. The number of ether oxygens (including phenoxy) is 3. The van der Waals surface area contributed by atoms with Crippen molar-refractivity contribution >= 4 is 29.9 Å². The summed E-state index contributed by atoms with van der Waals surface area (Å²) in [5.41, 5.74) is 0.723. The van der Waals surface area contributed by atoms with Gasteiger partial charge in [-0.25, -0.2) is 9.59 Å². The monoisotopic (exact) mass is 466 g/mol. The molecular formula is C22H30N2O9. The van der Waals surface area contributed by atoms with E-state index in [9.17, 15) is 24.0 Å². The largest absolute Gasteiger partial charge is 0.481 e. The molecule has 1 rings (SSSR count). The van der Waals surface area contributed by atoms with E-state index in [2.05, 4.69) is 10.6 Å². The third kappa shape index (κ3) is 11.5. The Balaban J connectivity index is 2.80. The summed E-state index contributed by atoms with van der Waals surface area (Å²) in [5, 5.41) is 13.7. The highest BCUT2D eigenvalue weighted by Crippen LogP contribution is 2.07. The van der Waals surface area contributed by atoms with Crippen molar-refractivity contribution in [3.05, 3.63) is 35.9 Å². The quantitative estimate of drug-likeness (QED) is 0.273. The van der Waals surface area contributed by atoms with Gasteiger partial charge in [-0.15, -0.1) is 0 Å². The number of carbonyl (C=O) groups excluding carboxylic acids is 4. The van der Waals surface area contributed by atoms with E-state index in [0.29, 0.717) is 0 Å². The number of hydrogen-bond acceptors (Lipinski definition) is 8. The first-order chi connectivity index (χ1) is 15.8. The lowest BCUT2D eigenvalue weighted by molar-refractivity contribution is -0.149. The minimum atomic E-state index is -1.29. The van der Waals surface area contributed by atoms with Gasteiger partial charge in [0.15, 0.2) is 0 Å². The van der Waals surface area contributed by atoms with Gasteiger partial charge in [0.2, 0.25) is 5.91 Å². The molecule has 0 saturated carbocycles. The molecule has 11 heteroatoms. The van der Waals surface area contributed by atoms with Crippen molar-refractivity contribution in [3.63, 3.8) is 0 Å². The van der Waals surface area contributed by atoms with Gasteiger partial charge in [-0.05, 0) is 32.3 Å². The predicted molar refractivity (Wildman–Crippen MR) is 115 cm³/mol. The third-order valence-corrected chi connectivity index (χ3v) is 4.30. The highest BCUT2D eigenvalue weighted by Gasteiger charge is 2.29. The second kappa shape index (κ2) is 15.2. The van der Waals surface area contributed by atoms with Gasteiger partial charge in [0.25, 0.3) is 0 Å². The lowest BCUT2D eigenvalue weighted by Gasteiger charge is -2.22. The van der Waals surface area contributed by atoms with Gasteiger partial charge in [-0.3, -0.25) is 14.4 Å². The van der Waals surface area contributed by atoms with E-state index < -0.39 is 48.4 Å². The van der Waals surface area contributed by atoms with Crippen molar-refractivity contribution in [1.29, 1.82) is 0 Å². The van der Waals surface area contributed by atoms with Gasteiger partial charge in [0.05, 0.1) is 13.2 Å². The van der Waals surface area contributed by atoms with E-state index in [1.165, 1.54) is 0 Å². The topological polar surface area (TPSA) is 157 Å². The molecule has 3 N–H and O–H groups in total. The minimum Gasteiger partial charge on any atom is -0.481 e. The molecule has 0 fully saturated rings. The van der Waals surface area contributed by atoms with Gasteiger partial charge in [0, 0.05) is 12.8 Å². The maximum absolute atomic E-state index is 12.8. The zero-order valence-electron chi connectivity index (χ0n) is 18.7. The fraction of sp³-hybridized carbons (Fsp3) is 0.500. The molecule has 0 spiro atoms. The molecule has 33 heavy (non-hydrogen) atoms. The predicted octanol–water partition coefficient (Wildman–Crippen LogP) is 1.54. The Morgan fingerprint density at radius 2 is 1.48 bits per heavy atom. The fourth-order valence-electron chi connectivity index (χ4n) is 2.70. The Morgan fingerprint density at radius 1 is 0.848 bits per heavy atom. The Hall–Kier alpha value is -3.63. The number of esters is 2. The van der Waals surface area contributed by atoms with E-state index in [4.69, 9.17) is 19.3 Å². The van der Waals surface area contributed by atoms with Crippen molar-refractivity contribution in [2.75, 3.05) is 13.2 Å². The molecular weight excluding hydrogens is 436 g/mol. The maximum atomic E-state index is 12.8. The Morgan fingerprint density at radius 3 is 2.09 bits per heavy atom. The Kier molecular flexibility index (Phi) is 12.6. The first kappa shape index (κ1) is 27.4. The molecule has 1 aromatic rings. The van der Waals surface area contributed by atoms with Crippen LogP contribution in [0.3, 0.4) is 0 Å². The van der Waals surface area contributed by atoms with Crippen molar-refractivity contribution in [2.45, 2.75) is 58.2 Å². The number of aliphatic carboxylic acids is 1. The van der Waals surface area contributed by atoms with E-state index in [1.807, 2.05) is 0 Å². The summed E-state index contributed by atoms with van der Waals surface area (Å²) in [6.45, 7) is 3.39. The normalized spacial score (nSPS) is 12.1. The maximum Gasteiger partial charge on any atom is 0.408 e. The van der Waals surface area contributed by atoms with Crippen molar-refractivity contribution in [2.24, 2.45) is 0 Å². The van der Waals surface area contributed by atoms with Crippen molar-refractivity contribution in [1.82, 2.24) is 10.6 Å². The first-order valence-electron chi connectivity index (χ1n) is 10.6. The first-order valence-corrected chi connectivity index (χ1v) is 10.6. The number of hydrogen-bond donors (Lipinski definition) is 3. The summed E-state index contributed by atoms with van der Waals surface area (Å²) in [7, 11) is 0. The van der Waals surface area contributed by atoms with Crippen LogP contribution in [0.4, 0.5) is 4.79 Å². The summed E-state index contributed by atoms with van der Waals surface area (Å²) >= 11 is 0. The average Bonchev–Trinajstić information content (AvgIpc) is 2.78. The lowest BCUT2D eigenvalue weighted by Crippen LogP contribution is -2.52. The molecule has 0 aliphatic rings. The summed E-state index contributed by atoms with van der Waals surface area (Å²) < 4.78 is 14.8. The van der Waals surface area contributed by atoms with Gasteiger partial charge in [-0.2, -0.15) is 0 Å². The number of carboxylic acid groups (broad SMARTS) is 1. The molecule has 0 unspecified atom stereocenters. The standard InChI is InChI=1S/C22H30N2O9/c1-3-31-19(27)13-11-17(21(29)32-4-2)23-20(28)16(10-12-18(25)26)24-22(30)33-14-15-8-6-5-7-9-15/h5-9,16-17H,3-4,10-14H2,1-2H3,(H,23,28)(H,24,30)(H,25,26)/t16-,17-/m0/s1. The summed E-state index contributed by atoms with van der Waals surface area (Å²) in [6, 6.07) is 6.36. The second-order valence-electron chi connectivity index (χ2n) is 6.85. The number of carbonyl (C=O) groups is 5. The number of rotatable bonds is 14. The minimum absolute atomic E-state index is 0.0507. The molecule has 1 aromatic carbocycles.